The smallest absolute Gasteiger partial charge is 0.259 e. The summed E-state index contributed by atoms with van der Waals surface area (Å²) in [7, 11) is 1.74. The second kappa shape index (κ2) is 7.22. The van der Waals surface area contributed by atoms with E-state index in [0.29, 0.717) is 11.4 Å². The van der Waals surface area contributed by atoms with Crippen molar-refractivity contribution in [3.05, 3.63) is 52.1 Å². The summed E-state index contributed by atoms with van der Waals surface area (Å²) < 4.78 is 0.768. The van der Waals surface area contributed by atoms with Crippen LogP contribution < -0.4 is 10.6 Å². The van der Waals surface area contributed by atoms with E-state index in [9.17, 15) is 4.79 Å². The van der Waals surface area contributed by atoms with E-state index in [2.05, 4.69) is 38.5 Å². The average molecular weight is 348 g/mol. The summed E-state index contributed by atoms with van der Waals surface area (Å²) in [6, 6.07) is 9.68. The van der Waals surface area contributed by atoms with Crippen LogP contribution in [0, 0.1) is 0 Å². The Hall–Kier alpha value is -1.88. The number of pyridine rings is 1. The molecule has 0 atom stereocenters. The topological polar surface area (TPSA) is 54.0 Å². The van der Waals surface area contributed by atoms with Crippen LogP contribution in [0.25, 0.3) is 0 Å². The van der Waals surface area contributed by atoms with Crippen LogP contribution in [-0.2, 0) is 6.42 Å². The highest BCUT2D eigenvalue weighted by atomic mass is 79.9. The zero-order valence-electron chi connectivity index (χ0n) is 12.1. The van der Waals surface area contributed by atoms with Gasteiger partial charge in [0.15, 0.2) is 0 Å². The number of anilines is 2. The van der Waals surface area contributed by atoms with Crippen molar-refractivity contribution in [2.24, 2.45) is 0 Å². The van der Waals surface area contributed by atoms with Gasteiger partial charge in [0, 0.05) is 23.4 Å². The van der Waals surface area contributed by atoms with Crippen LogP contribution in [0.2, 0.25) is 0 Å². The average Bonchev–Trinajstić information content (AvgIpc) is 2.49. The van der Waals surface area contributed by atoms with Crippen molar-refractivity contribution in [3.63, 3.8) is 0 Å². The van der Waals surface area contributed by atoms with Gasteiger partial charge in [-0.2, -0.15) is 0 Å². The number of nitrogens with zero attached hydrogens (tertiary/aromatic N) is 1. The Morgan fingerprint density at radius 3 is 2.62 bits per heavy atom. The molecule has 0 saturated carbocycles. The lowest BCUT2D eigenvalue weighted by molar-refractivity contribution is 0.102. The number of aromatic nitrogens is 1. The van der Waals surface area contributed by atoms with E-state index < -0.39 is 0 Å². The van der Waals surface area contributed by atoms with Gasteiger partial charge in [-0.05, 0) is 46.1 Å². The number of aryl methyl sites for hydroxylation is 1. The van der Waals surface area contributed by atoms with Crippen LogP contribution >= 0.6 is 15.9 Å². The molecular weight excluding hydrogens is 330 g/mol. The molecule has 0 aliphatic rings. The van der Waals surface area contributed by atoms with Crippen molar-refractivity contribution in [1.82, 2.24) is 4.98 Å². The van der Waals surface area contributed by atoms with E-state index >= 15 is 0 Å². The lowest BCUT2D eigenvalue weighted by atomic mass is 10.1. The van der Waals surface area contributed by atoms with Crippen LogP contribution in [0.15, 0.2) is 41.0 Å². The fourth-order valence-corrected chi connectivity index (χ4v) is 2.38. The van der Waals surface area contributed by atoms with Crippen molar-refractivity contribution >= 4 is 33.3 Å². The maximum Gasteiger partial charge on any atom is 0.259 e. The van der Waals surface area contributed by atoms with Gasteiger partial charge in [-0.25, -0.2) is 4.98 Å². The molecule has 0 fully saturated rings. The van der Waals surface area contributed by atoms with Crippen molar-refractivity contribution in [2.45, 2.75) is 19.8 Å². The molecule has 0 bridgehead atoms. The summed E-state index contributed by atoms with van der Waals surface area (Å²) in [5.74, 6) is 0.370. The predicted octanol–water partition coefficient (Wildman–Crippen LogP) is 4.09. The van der Waals surface area contributed by atoms with Crippen LogP contribution in [-0.4, -0.2) is 17.9 Å². The molecule has 21 heavy (non-hydrogen) atoms. The minimum absolute atomic E-state index is 0.184. The lowest BCUT2D eigenvalue weighted by Gasteiger charge is -2.10. The molecular formula is C16H18BrN3O. The summed E-state index contributed by atoms with van der Waals surface area (Å²) in [4.78, 5) is 16.5. The summed E-state index contributed by atoms with van der Waals surface area (Å²) in [6.45, 7) is 2.15. The Bertz CT molecular complexity index is 626. The van der Waals surface area contributed by atoms with E-state index in [1.54, 1.807) is 19.3 Å². The zero-order chi connectivity index (χ0) is 15.2. The van der Waals surface area contributed by atoms with Crippen LogP contribution in [0.5, 0.6) is 0 Å². The minimum Gasteiger partial charge on any atom is -0.372 e. The fourth-order valence-electron chi connectivity index (χ4n) is 2.05. The monoisotopic (exact) mass is 347 g/mol. The molecule has 1 amide bonds. The van der Waals surface area contributed by atoms with Gasteiger partial charge in [-0.1, -0.05) is 25.5 Å². The van der Waals surface area contributed by atoms with Crippen molar-refractivity contribution < 1.29 is 4.79 Å². The number of rotatable bonds is 5. The van der Waals surface area contributed by atoms with Crippen LogP contribution in [0.3, 0.4) is 0 Å². The summed E-state index contributed by atoms with van der Waals surface area (Å²) >= 11 is 3.34. The summed E-state index contributed by atoms with van der Waals surface area (Å²) in [5.41, 5.74) is 2.56. The predicted molar refractivity (Wildman–Crippen MR) is 89.9 cm³/mol. The first-order chi connectivity index (χ1) is 10.1. The number of hydrogen-bond donors (Lipinski definition) is 2. The maximum absolute atomic E-state index is 12.3. The van der Waals surface area contributed by atoms with Gasteiger partial charge in [0.05, 0.1) is 5.56 Å². The van der Waals surface area contributed by atoms with Gasteiger partial charge in [-0.15, -0.1) is 0 Å². The summed E-state index contributed by atoms with van der Waals surface area (Å²) in [5, 5.41) is 5.81. The number of hydrogen-bond acceptors (Lipinski definition) is 3. The van der Waals surface area contributed by atoms with E-state index in [0.717, 1.165) is 23.0 Å². The van der Waals surface area contributed by atoms with Gasteiger partial charge < -0.3 is 10.6 Å². The van der Waals surface area contributed by atoms with Gasteiger partial charge in [0.2, 0.25) is 0 Å². The van der Waals surface area contributed by atoms with Crippen molar-refractivity contribution in [2.75, 3.05) is 17.7 Å². The summed E-state index contributed by atoms with van der Waals surface area (Å²) in [6.07, 6.45) is 3.82. The molecule has 1 aromatic heterocycles. The Morgan fingerprint density at radius 1 is 1.29 bits per heavy atom. The first kappa shape index (κ1) is 15.5. The number of amides is 1. The van der Waals surface area contributed by atoms with Gasteiger partial charge in [0.25, 0.3) is 5.91 Å². The van der Waals surface area contributed by atoms with E-state index in [1.807, 2.05) is 24.3 Å². The SMILES string of the molecule is CCCc1ccc(NC(=O)c2cc(Br)cnc2NC)cc1. The van der Waals surface area contributed by atoms with Crippen molar-refractivity contribution in [3.8, 4) is 0 Å². The molecule has 0 aliphatic carbocycles. The number of nitrogens with one attached hydrogen (secondary N) is 2. The first-order valence-corrected chi connectivity index (χ1v) is 7.67. The first-order valence-electron chi connectivity index (χ1n) is 6.87. The minimum atomic E-state index is -0.184. The third-order valence-corrected chi connectivity index (χ3v) is 3.52. The molecule has 1 aromatic carbocycles. The third kappa shape index (κ3) is 4.04. The molecule has 0 unspecified atom stereocenters. The highest BCUT2D eigenvalue weighted by Crippen LogP contribution is 2.19. The molecule has 5 heteroatoms. The molecule has 2 aromatic rings. The Balaban J connectivity index is 2.15. The van der Waals surface area contributed by atoms with Gasteiger partial charge in [0.1, 0.15) is 5.82 Å². The normalized spacial score (nSPS) is 10.2. The quantitative estimate of drug-likeness (QED) is 0.856. The molecule has 1 heterocycles. The maximum atomic E-state index is 12.3. The third-order valence-electron chi connectivity index (χ3n) is 3.09. The molecule has 4 nitrogen and oxygen atoms in total. The largest absolute Gasteiger partial charge is 0.372 e. The standard InChI is InChI=1S/C16H18BrN3O/c1-3-4-11-5-7-13(8-6-11)20-16(21)14-9-12(17)10-19-15(14)18-2/h5-10H,3-4H2,1-2H3,(H,18,19)(H,20,21). The lowest BCUT2D eigenvalue weighted by Crippen LogP contribution is -2.14. The molecule has 0 aliphatic heterocycles. The highest BCUT2D eigenvalue weighted by molar-refractivity contribution is 9.10. The van der Waals surface area contributed by atoms with E-state index in [1.165, 1.54) is 5.56 Å². The molecule has 110 valence electrons. The number of halogens is 1. The van der Waals surface area contributed by atoms with E-state index in [4.69, 9.17) is 0 Å². The zero-order valence-corrected chi connectivity index (χ0v) is 13.7. The molecule has 0 saturated heterocycles. The van der Waals surface area contributed by atoms with Crippen molar-refractivity contribution in [1.29, 1.82) is 0 Å². The molecule has 0 radical (unpaired) electrons. The highest BCUT2D eigenvalue weighted by Gasteiger charge is 2.12. The second-order valence-corrected chi connectivity index (χ2v) is 5.62. The number of carbonyl (C=O) groups excluding carboxylic acids is 1. The fraction of sp³-hybridized carbons (Fsp3) is 0.250. The van der Waals surface area contributed by atoms with Gasteiger partial charge >= 0.3 is 0 Å². The molecule has 2 rings (SSSR count). The van der Waals surface area contributed by atoms with Crippen LogP contribution in [0.1, 0.15) is 29.3 Å². The Morgan fingerprint density at radius 2 is 2.00 bits per heavy atom. The van der Waals surface area contributed by atoms with Crippen LogP contribution in [0.4, 0.5) is 11.5 Å². The number of benzene rings is 1. The van der Waals surface area contributed by atoms with Gasteiger partial charge in [-0.3, -0.25) is 4.79 Å². The van der Waals surface area contributed by atoms with E-state index in [-0.39, 0.29) is 5.91 Å². The number of carbonyl (C=O) groups is 1. The second-order valence-electron chi connectivity index (χ2n) is 4.70. The molecule has 2 N–H and O–H groups in total. The Kier molecular flexibility index (Phi) is 5.33. The Labute approximate surface area is 133 Å². The molecule has 0 spiro atoms.